The number of hydrogen-bond acceptors (Lipinski definition) is 5. The third-order valence-corrected chi connectivity index (χ3v) is 5.86. The van der Waals surface area contributed by atoms with E-state index in [4.69, 9.17) is 0 Å². The van der Waals surface area contributed by atoms with Crippen molar-refractivity contribution in [2.45, 2.75) is 39.0 Å². The predicted octanol–water partition coefficient (Wildman–Crippen LogP) is 2.37. The van der Waals surface area contributed by atoms with Crippen molar-refractivity contribution in [3.05, 3.63) is 47.7 Å². The Kier molecular flexibility index (Phi) is 7.80. The van der Waals surface area contributed by atoms with E-state index < -0.39 is 0 Å². The lowest BCUT2D eigenvalue weighted by molar-refractivity contribution is -0.133. The fraction of sp³-hybridized carbons (Fsp3) is 0.542. The van der Waals surface area contributed by atoms with Gasteiger partial charge in [-0.2, -0.15) is 0 Å². The number of rotatable bonds is 7. The standard InChI is InChI=1S/C24H33N3O3/c1-18(2)14-24(30)27-12-10-26(11-13-27)9-8-25-17-21-22(28)15-20(16-23(21)29)19-6-4-3-5-7-19/h3-7,17-18,20,25H,8-16H2,1-2H3. The summed E-state index contributed by atoms with van der Waals surface area (Å²) in [6.45, 7) is 8.89. The molecule has 1 aliphatic heterocycles. The second-order valence-electron chi connectivity index (χ2n) is 8.69. The van der Waals surface area contributed by atoms with Gasteiger partial charge in [0, 0.05) is 64.7 Å². The van der Waals surface area contributed by atoms with Gasteiger partial charge < -0.3 is 10.2 Å². The summed E-state index contributed by atoms with van der Waals surface area (Å²) in [5, 5.41) is 3.15. The van der Waals surface area contributed by atoms with Crippen molar-refractivity contribution in [3.8, 4) is 0 Å². The molecule has 1 N–H and O–H groups in total. The van der Waals surface area contributed by atoms with Crippen LogP contribution in [0.2, 0.25) is 0 Å². The largest absolute Gasteiger partial charge is 0.389 e. The Morgan fingerprint density at radius 2 is 1.70 bits per heavy atom. The van der Waals surface area contributed by atoms with Gasteiger partial charge in [0.25, 0.3) is 0 Å². The minimum atomic E-state index is -0.0788. The van der Waals surface area contributed by atoms with Gasteiger partial charge in [0.1, 0.15) is 0 Å². The first-order valence-electron chi connectivity index (χ1n) is 11.0. The molecule has 0 atom stereocenters. The Morgan fingerprint density at radius 1 is 1.07 bits per heavy atom. The Hall–Kier alpha value is -2.47. The molecule has 0 bridgehead atoms. The van der Waals surface area contributed by atoms with Crippen LogP contribution in [0.4, 0.5) is 0 Å². The number of nitrogens with zero attached hydrogens (tertiary/aromatic N) is 2. The lowest BCUT2D eigenvalue weighted by atomic mass is 9.80. The Labute approximate surface area is 179 Å². The Morgan fingerprint density at radius 3 is 2.30 bits per heavy atom. The average Bonchev–Trinajstić information content (AvgIpc) is 2.73. The Balaban J connectivity index is 1.40. The molecule has 1 amide bonds. The van der Waals surface area contributed by atoms with Gasteiger partial charge in [-0.05, 0) is 17.4 Å². The molecule has 6 nitrogen and oxygen atoms in total. The summed E-state index contributed by atoms with van der Waals surface area (Å²) >= 11 is 0. The highest BCUT2D eigenvalue weighted by molar-refractivity contribution is 6.22. The summed E-state index contributed by atoms with van der Waals surface area (Å²) in [5.41, 5.74) is 1.35. The summed E-state index contributed by atoms with van der Waals surface area (Å²) in [7, 11) is 0. The second kappa shape index (κ2) is 10.5. The maximum absolute atomic E-state index is 12.5. The number of Topliss-reactive ketones (excluding diaryl/α,β-unsaturated/α-hetero) is 2. The summed E-state index contributed by atoms with van der Waals surface area (Å²) in [5.74, 6) is 0.462. The minimum Gasteiger partial charge on any atom is -0.389 e. The van der Waals surface area contributed by atoms with Gasteiger partial charge in [-0.1, -0.05) is 44.2 Å². The quantitative estimate of drug-likeness (QED) is 0.424. The minimum absolute atomic E-state index is 0.0157. The van der Waals surface area contributed by atoms with Crippen molar-refractivity contribution >= 4 is 17.5 Å². The van der Waals surface area contributed by atoms with Gasteiger partial charge in [-0.3, -0.25) is 19.3 Å². The zero-order valence-corrected chi connectivity index (χ0v) is 18.1. The molecule has 6 heteroatoms. The number of allylic oxidation sites excluding steroid dienone is 1. The summed E-state index contributed by atoms with van der Waals surface area (Å²) in [4.78, 5) is 41.4. The lowest BCUT2D eigenvalue weighted by Crippen LogP contribution is -2.50. The van der Waals surface area contributed by atoms with Crippen LogP contribution in [0.15, 0.2) is 42.1 Å². The number of piperazine rings is 1. The van der Waals surface area contributed by atoms with Crippen molar-refractivity contribution in [2.75, 3.05) is 39.3 Å². The smallest absolute Gasteiger partial charge is 0.222 e. The molecule has 1 saturated heterocycles. The molecule has 0 aromatic heterocycles. The van der Waals surface area contributed by atoms with E-state index in [2.05, 4.69) is 24.1 Å². The number of nitrogens with one attached hydrogen (secondary N) is 1. The van der Waals surface area contributed by atoms with Crippen LogP contribution in [0.3, 0.4) is 0 Å². The molecule has 2 fully saturated rings. The molecular formula is C24H33N3O3. The van der Waals surface area contributed by atoms with Gasteiger partial charge in [-0.15, -0.1) is 0 Å². The van der Waals surface area contributed by atoms with E-state index in [0.717, 1.165) is 38.3 Å². The van der Waals surface area contributed by atoms with Gasteiger partial charge in [-0.25, -0.2) is 0 Å². The third-order valence-electron chi connectivity index (χ3n) is 5.86. The zero-order chi connectivity index (χ0) is 21.5. The van der Waals surface area contributed by atoms with E-state index in [-0.39, 0.29) is 23.4 Å². The van der Waals surface area contributed by atoms with Crippen LogP contribution in [0, 0.1) is 5.92 Å². The SMILES string of the molecule is CC(C)CC(=O)N1CCN(CCNC=C2C(=O)CC(c3ccccc3)CC2=O)CC1. The van der Waals surface area contributed by atoms with E-state index in [1.807, 2.05) is 35.2 Å². The third kappa shape index (κ3) is 6.02. The van der Waals surface area contributed by atoms with E-state index in [1.165, 1.54) is 0 Å². The summed E-state index contributed by atoms with van der Waals surface area (Å²) in [6, 6.07) is 9.78. The van der Waals surface area contributed by atoms with Crippen molar-refractivity contribution < 1.29 is 14.4 Å². The maximum Gasteiger partial charge on any atom is 0.222 e. The van der Waals surface area contributed by atoms with Crippen molar-refractivity contribution in [1.82, 2.24) is 15.1 Å². The van der Waals surface area contributed by atoms with Crippen LogP contribution in [0.25, 0.3) is 0 Å². The highest BCUT2D eigenvalue weighted by Gasteiger charge is 2.31. The van der Waals surface area contributed by atoms with Crippen molar-refractivity contribution in [1.29, 1.82) is 0 Å². The molecule has 3 rings (SSSR count). The van der Waals surface area contributed by atoms with Gasteiger partial charge in [0.05, 0.1) is 5.57 Å². The fourth-order valence-corrected chi connectivity index (χ4v) is 4.11. The summed E-state index contributed by atoms with van der Waals surface area (Å²) in [6.07, 6.45) is 2.99. The summed E-state index contributed by atoms with van der Waals surface area (Å²) < 4.78 is 0. The molecule has 0 radical (unpaired) electrons. The zero-order valence-electron chi connectivity index (χ0n) is 18.1. The molecule has 1 saturated carbocycles. The first kappa shape index (κ1) is 22.2. The van der Waals surface area contributed by atoms with Gasteiger partial charge >= 0.3 is 0 Å². The first-order chi connectivity index (χ1) is 14.4. The molecule has 0 spiro atoms. The predicted molar refractivity (Wildman–Crippen MR) is 117 cm³/mol. The number of carbonyl (C=O) groups is 3. The number of hydrogen-bond donors (Lipinski definition) is 1. The molecule has 1 aromatic carbocycles. The van der Waals surface area contributed by atoms with Gasteiger partial charge in [0.15, 0.2) is 11.6 Å². The van der Waals surface area contributed by atoms with Crippen molar-refractivity contribution in [3.63, 3.8) is 0 Å². The molecule has 1 aliphatic carbocycles. The highest BCUT2D eigenvalue weighted by atomic mass is 16.2. The van der Waals surface area contributed by atoms with Crippen LogP contribution in [-0.2, 0) is 14.4 Å². The normalized spacial score (nSPS) is 20.6. The van der Waals surface area contributed by atoms with Crippen LogP contribution >= 0.6 is 0 Å². The van der Waals surface area contributed by atoms with E-state index >= 15 is 0 Å². The van der Waals surface area contributed by atoms with E-state index in [1.54, 1.807) is 6.20 Å². The number of amides is 1. The molecule has 1 heterocycles. The molecule has 30 heavy (non-hydrogen) atoms. The maximum atomic E-state index is 12.5. The molecule has 162 valence electrons. The monoisotopic (exact) mass is 411 g/mol. The lowest BCUT2D eigenvalue weighted by Gasteiger charge is -2.35. The van der Waals surface area contributed by atoms with Crippen LogP contribution < -0.4 is 5.32 Å². The number of carbonyl (C=O) groups excluding carboxylic acids is 3. The van der Waals surface area contributed by atoms with Crippen molar-refractivity contribution in [2.24, 2.45) is 5.92 Å². The van der Waals surface area contributed by atoms with Crippen LogP contribution in [0.5, 0.6) is 0 Å². The van der Waals surface area contributed by atoms with Crippen LogP contribution in [-0.4, -0.2) is 66.5 Å². The number of ketones is 2. The van der Waals surface area contributed by atoms with Crippen LogP contribution in [0.1, 0.15) is 44.6 Å². The fourth-order valence-electron chi connectivity index (χ4n) is 4.11. The Bertz CT molecular complexity index is 760. The second-order valence-corrected chi connectivity index (χ2v) is 8.69. The number of benzene rings is 1. The molecular weight excluding hydrogens is 378 g/mol. The van der Waals surface area contributed by atoms with E-state index in [9.17, 15) is 14.4 Å². The highest BCUT2D eigenvalue weighted by Crippen LogP contribution is 2.31. The molecule has 1 aromatic rings. The average molecular weight is 412 g/mol. The van der Waals surface area contributed by atoms with Gasteiger partial charge in [0.2, 0.25) is 5.91 Å². The topological polar surface area (TPSA) is 69.7 Å². The first-order valence-corrected chi connectivity index (χ1v) is 11.0. The molecule has 2 aliphatic rings. The molecule has 0 unspecified atom stereocenters. The van der Waals surface area contributed by atoms with E-state index in [0.29, 0.717) is 37.3 Å².